The van der Waals surface area contributed by atoms with Crippen molar-refractivity contribution in [3.8, 4) is 16.9 Å². The first-order valence-corrected chi connectivity index (χ1v) is 14.6. The summed E-state index contributed by atoms with van der Waals surface area (Å²) in [5.41, 5.74) is 1.84. The first kappa shape index (κ1) is 31.2. The Morgan fingerprint density at radius 1 is 0.837 bits per heavy atom. The minimum Gasteiger partial charge on any atom is -0.495 e. The molecule has 0 saturated carbocycles. The molecule has 4 aromatic rings. The molecule has 0 heterocycles. The Morgan fingerprint density at radius 3 is 2.26 bits per heavy atom. The molecule has 4 aromatic carbocycles. The SMILES string of the molecule is COc1ccc(-c2cccc(C(F)(F)F)c2)cc1S(=O)(=O)Nc1cccc(NCCNC(=O)c2ccccc2N(C)C)c1. The number of benzene rings is 4. The zero-order valence-corrected chi connectivity index (χ0v) is 24.5. The second-order valence-electron chi connectivity index (χ2n) is 9.72. The number of ether oxygens (including phenoxy) is 1. The average Bonchev–Trinajstić information content (AvgIpc) is 2.98. The number of methoxy groups -OCH3 is 1. The number of hydrogen-bond acceptors (Lipinski definition) is 6. The highest BCUT2D eigenvalue weighted by Gasteiger charge is 2.30. The van der Waals surface area contributed by atoms with Gasteiger partial charge in [0.15, 0.2) is 0 Å². The Bertz CT molecular complexity index is 1710. The van der Waals surface area contributed by atoms with E-state index in [1.165, 1.54) is 37.4 Å². The molecule has 0 atom stereocenters. The first-order chi connectivity index (χ1) is 20.4. The van der Waals surface area contributed by atoms with Crippen molar-refractivity contribution in [2.45, 2.75) is 11.1 Å². The average molecular weight is 613 g/mol. The summed E-state index contributed by atoms with van der Waals surface area (Å²) in [6.45, 7) is 0.689. The number of anilines is 3. The number of nitrogens with zero attached hydrogens (tertiary/aromatic N) is 1. The smallest absolute Gasteiger partial charge is 0.416 e. The predicted octanol–water partition coefficient (Wildman–Crippen LogP) is 6.09. The normalized spacial score (nSPS) is 11.5. The fraction of sp³-hybridized carbons (Fsp3) is 0.194. The van der Waals surface area contributed by atoms with Crippen LogP contribution < -0.4 is 25.0 Å². The van der Waals surface area contributed by atoms with Crippen LogP contribution in [-0.4, -0.2) is 48.6 Å². The second-order valence-corrected chi connectivity index (χ2v) is 11.4. The van der Waals surface area contributed by atoms with Gasteiger partial charge in [-0.1, -0.05) is 36.4 Å². The number of amides is 1. The maximum absolute atomic E-state index is 13.4. The zero-order valence-electron chi connectivity index (χ0n) is 23.7. The van der Waals surface area contributed by atoms with E-state index in [-0.39, 0.29) is 33.4 Å². The number of carbonyl (C=O) groups excluding carboxylic acids is 1. The van der Waals surface area contributed by atoms with E-state index in [4.69, 9.17) is 4.74 Å². The van der Waals surface area contributed by atoms with E-state index in [0.29, 0.717) is 24.3 Å². The van der Waals surface area contributed by atoms with Crippen molar-refractivity contribution in [3.63, 3.8) is 0 Å². The lowest BCUT2D eigenvalue weighted by atomic mass is 10.0. The fourth-order valence-electron chi connectivity index (χ4n) is 4.38. The van der Waals surface area contributed by atoms with Crippen LogP contribution in [0.2, 0.25) is 0 Å². The standard InChI is InChI=1S/C31H31F3N4O4S/c1-38(2)27-13-5-4-12-26(27)30(39)36-17-16-35-24-10-7-11-25(20-24)37-43(40,41)29-19-22(14-15-28(29)42-3)21-8-6-9-23(18-21)31(32,33)34/h4-15,18-20,35,37H,16-17H2,1-3H3,(H,36,39). The summed E-state index contributed by atoms with van der Waals surface area (Å²) < 4.78 is 74.3. The maximum atomic E-state index is 13.4. The summed E-state index contributed by atoms with van der Waals surface area (Å²) in [6, 6.07) is 22.6. The molecule has 1 amide bonds. The number of rotatable bonds is 11. The monoisotopic (exact) mass is 612 g/mol. The third kappa shape index (κ3) is 7.77. The molecule has 0 fully saturated rings. The molecule has 0 aromatic heterocycles. The van der Waals surface area contributed by atoms with Crippen molar-refractivity contribution in [3.05, 3.63) is 102 Å². The van der Waals surface area contributed by atoms with Crippen LogP contribution >= 0.6 is 0 Å². The molecule has 4 rings (SSSR count). The Kier molecular flexibility index (Phi) is 9.50. The highest BCUT2D eigenvalue weighted by atomic mass is 32.2. The van der Waals surface area contributed by atoms with Crippen LogP contribution in [0.15, 0.2) is 95.9 Å². The summed E-state index contributed by atoms with van der Waals surface area (Å²) in [6.07, 6.45) is -4.54. The Balaban J connectivity index is 1.45. The van der Waals surface area contributed by atoms with E-state index in [1.807, 2.05) is 31.1 Å². The van der Waals surface area contributed by atoms with Crippen molar-refractivity contribution in [2.24, 2.45) is 0 Å². The van der Waals surface area contributed by atoms with Gasteiger partial charge in [0.1, 0.15) is 10.6 Å². The van der Waals surface area contributed by atoms with Gasteiger partial charge >= 0.3 is 6.18 Å². The lowest BCUT2D eigenvalue weighted by Gasteiger charge is -2.17. The third-order valence-electron chi connectivity index (χ3n) is 6.46. The van der Waals surface area contributed by atoms with Crippen molar-refractivity contribution in [1.29, 1.82) is 0 Å². The largest absolute Gasteiger partial charge is 0.495 e. The minimum absolute atomic E-state index is 0.0316. The second kappa shape index (κ2) is 13.1. The van der Waals surface area contributed by atoms with Crippen LogP contribution in [0, 0.1) is 0 Å². The number of nitrogens with one attached hydrogen (secondary N) is 3. The molecule has 0 unspecified atom stereocenters. The quantitative estimate of drug-likeness (QED) is 0.177. The topological polar surface area (TPSA) is 99.8 Å². The lowest BCUT2D eigenvalue weighted by molar-refractivity contribution is -0.137. The van der Waals surface area contributed by atoms with Gasteiger partial charge in [-0.3, -0.25) is 9.52 Å². The van der Waals surface area contributed by atoms with Gasteiger partial charge in [0, 0.05) is 38.6 Å². The summed E-state index contributed by atoms with van der Waals surface area (Å²) in [7, 11) is 0.819. The van der Waals surface area contributed by atoms with Crippen LogP contribution in [0.4, 0.5) is 30.2 Å². The summed E-state index contributed by atoms with van der Waals surface area (Å²) >= 11 is 0. The summed E-state index contributed by atoms with van der Waals surface area (Å²) in [5.74, 6) is -0.182. The minimum atomic E-state index is -4.54. The summed E-state index contributed by atoms with van der Waals surface area (Å²) in [4.78, 5) is 14.3. The summed E-state index contributed by atoms with van der Waals surface area (Å²) in [5, 5.41) is 6.01. The molecule has 0 bridgehead atoms. The van der Waals surface area contributed by atoms with Gasteiger partial charge < -0.3 is 20.3 Å². The third-order valence-corrected chi connectivity index (χ3v) is 7.86. The maximum Gasteiger partial charge on any atom is 0.416 e. The van der Waals surface area contributed by atoms with Gasteiger partial charge in [0.2, 0.25) is 0 Å². The van der Waals surface area contributed by atoms with E-state index in [9.17, 15) is 26.4 Å². The molecular formula is C31H31F3N4O4S. The van der Waals surface area contributed by atoms with Crippen LogP contribution in [0.1, 0.15) is 15.9 Å². The van der Waals surface area contributed by atoms with Crippen LogP contribution in [0.5, 0.6) is 5.75 Å². The van der Waals surface area contributed by atoms with E-state index < -0.39 is 21.8 Å². The molecule has 43 heavy (non-hydrogen) atoms. The molecular weight excluding hydrogens is 581 g/mol. The predicted molar refractivity (Wildman–Crippen MR) is 162 cm³/mol. The number of alkyl halides is 3. The van der Waals surface area contributed by atoms with E-state index in [0.717, 1.165) is 17.8 Å². The Hall–Kier alpha value is -4.71. The highest BCUT2D eigenvalue weighted by Crippen LogP contribution is 2.35. The molecule has 0 aliphatic carbocycles. The van der Waals surface area contributed by atoms with Crippen molar-refractivity contribution in [1.82, 2.24) is 5.32 Å². The van der Waals surface area contributed by atoms with E-state index in [1.54, 1.807) is 36.4 Å². The molecule has 0 saturated heterocycles. The molecule has 0 aliphatic rings. The molecule has 3 N–H and O–H groups in total. The molecule has 0 radical (unpaired) electrons. The number of hydrogen-bond donors (Lipinski definition) is 3. The highest BCUT2D eigenvalue weighted by molar-refractivity contribution is 7.92. The van der Waals surface area contributed by atoms with Gasteiger partial charge in [-0.25, -0.2) is 8.42 Å². The van der Waals surface area contributed by atoms with Crippen molar-refractivity contribution >= 4 is 33.0 Å². The van der Waals surface area contributed by atoms with Gasteiger partial charge in [-0.05, 0) is 65.7 Å². The number of carbonyl (C=O) groups is 1. The zero-order chi connectivity index (χ0) is 31.2. The lowest BCUT2D eigenvalue weighted by Crippen LogP contribution is -2.30. The number of halogens is 3. The first-order valence-electron chi connectivity index (χ1n) is 13.2. The van der Waals surface area contributed by atoms with Crippen molar-refractivity contribution < 1.29 is 31.1 Å². The van der Waals surface area contributed by atoms with Crippen LogP contribution in [0.3, 0.4) is 0 Å². The van der Waals surface area contributed by atoms with Gasteiger partial charge in [0.25, 0.3) is 15.9 Å². The van der Waals surface area contributed by atoms with E-state index in [2.05, 4.69) is 15.4 Å². The van der Waals surface area contributed by atoms with Gasteiger partial charge in [-0.15, -0.1) is 0 Å². The van der Waals surface area contributed by atoms with E-state index >= 15 is 0 Å². The van der Waals surface area contributed by atoms with Gasteiger partial charge in [-0.2, -0.15) is 13.2 Å². The van der Waals surface area contributed by atoms with Gasteiger partial charge in [0.05, 0.1) is 23.9 Å². The number of sulfonamides is 1. The fourth-order valence-corrected chi connectivity index (χ4v) is 5.62. The van der Waals surface area contributed by atoms with Crippen LogP contribution in [0.25, 0.3) is 11.1 Å². The number of para-hydroxylation sites is 1. The molecule has 8 nitrogen and oxygen atoms in total. The Labute approximate surface area is 248 Å². The molecule has 0 aliphatic heterocycles. The molecule has 0 spiro atoms. The molecule has 12 heteroatoms. The van der Waals surface area contributed by atoms with Crippen LogP contribution in [-0.2, 0) is 16.2 Å². The van der Waals surface area contributed by atoms with Crippen molar-refractivity contribution in [2.75, 3.05) is 49.2 Å². The Morgan fingerprint density at radius 2 is 1.53 bits per heavy atom. The molecule has 226 valence electrons.